The summed E-state index contributed by atoms with van der Waals surface area (Å²) in [5.41, 5.74) is 0.495. The fourth-order valence-corrected chi connectivity index (χ4v) is 4.09. The smallest absolute Gasteiger partial charge is 0.408 e. The number of benzene rings is 2. The Bertz CT molecular complexity index is 1150. The number of alkyl carbamates (subject to hydrolysis) is 1. The van der Waals surface area contributed by atoms with Crippen molar-refractivity contribution in [2.75, 3.05) is 25.2 Å². The monoisotopic (exact) mass is 493 g/mol. The first-order chi connectivity index (χ1) is 16.6. The van der Waals surface area contributed by atoms with Crippen molar-refractivity contribution in [1.82, 2.24) is 10.6 Å². The van der Waals surface area contributed by atoms with Crippen molar-refractivity contribution >= 4 is 23.6 Å². The number of anilines is 1. The van der Waals surface area contributed by atoms with Gasteiger partial charge in [-0.05, 0) is 30.0 Å². The molecule has 0 saturated heterocycles. The highest BCUT2D eigenvalue weighted by Crippen LogP contribution is 2.57. The van der Waals surface area contributed by atoms with Crippen molar-refractivity contribution in [2.45, 2.75) is 31.2 Å². The van der Waals surface area contributed by atoms with E-state index in [1.165, 1.54) is 11.9 Å². The van der Waals surface area contributed by atoms with E-state index in [9.17, 15) is 31.9 Å². The molecule has 3 amide bonds. The first-order valence-corrected chi connectivity index (χ1v) is 10.9. The number of fused-ring (bicyclic) bond motifs is 3. The quantitative estimate of drug-likeness (QED) is 0.598. The Morgan fingerprint density at radius 2 is 1.74 bits per heavy atom. The number of ether oxygens (including phenoxy) is 1. The lowest BCUT2D eigenvalue weighted by atomic mass is 9.95. The molecule has 4 rings (SSSR count). The van der Waals surface area contributed by atoms with Crippen molar-refractivity contribution in [3.05, 3.63) is 54.1 Å². The first kappa shape index (κ1) is 24.5. The maximum absolute atomic E-state index is 13.6. The normalized spacial score (nSPS) is 19.1. The third kappa shape index (κ3) is 4.67. The molecule has 1 saturated carbocycles. The molecule has 2 unspecified atom stereocenters. The number of carbonyl (C=O) groups is 3. The number of nitrogens with zero attached hydrogens (tertiary/aromatic N) is 1. The van der Waals surface area contributed by atoms with E-state index in [1.807, 2.05) is 17.4 Å². The Morgan fingerprint density at radius 1 is 1.11 bits per heavy atom. The summed E-state index contributed by atoms with van der Waals surface area (Å²) in [6.07, 6.45) is -8.07. The molecule has 35 heavy (non-hydrogen) atoms. The van der Waals surface area contributed by atoms with E-state index in [1.54, 1.807) is 36.4 Å². The zero-order valence-corrected chi connectivity index (χ0v) is 18.7. The summed E-state index contributed by atoms with van der Waals surface area (Å²) in [5.74, 6) is -1.59. The van der Waals surface area contributed by atoms with Crippen LogP contribution in [0.1, 0.15) is 24.4 Å². The maximum atomic E-state index is 13.6. The summed E-state index contributed by atoms with van der Waals surface area (Å²) >= 11 is 0. The van der Waals surface area contributed by atoms with Crippen LogP contribution in [0.4, 0.5) is 28.0 Å². The van der Waals surface area contributed by atoms with Crippen LogP contribution >= 0.6 is 0 Å². The summed E-state index contributed by atoms with van der Waals surface area (Å²) in [5, 5.41) is 4.41. The molecule has 2 atom stereocenters. The zero-order chi connectivity index (χ0) is 25.4. The summed E-state index contributed by atoms with van der Waals surface area (Å²) in [6.45, 7) is -2.16. The topological polar surface area (TPSA) is 87.7 Å². The number of amides is 3. The number of alkyl halides is 4. The van der Waals surface area contributed by atoms with Crippen LogP contribution in [0.5, 0.6) is 0 Å². The average molecular weight is 493 g/mol. The number of halogens is 4. The molecule has 0 radical (unpaired) electrons. The summed E-state index contributed by atoms with van der Waals surface area (Å²) in [6, 6.07) is 12.8. The Labute approximate surface area is 198 Å². The largest absolute Gasteiger partial charge is 0.433 e. The second kappa shape index (κ2) is 9.20. The van der Waals surface area contributed by atoms with Crippen molar-refractivity contribution in [3.8, 4) is 11.1 Å². The lowest BCUT2D eigenvalue weighted by Gasteiger charge is -2.24. The van der Waals surface area contributed by atoms with E-state index in [2.05, 4.69) is 5.32 Å². The van der Waals surface area contributed by atoms with Gasteiger partial charge in [0.2, 0.25) is 6.10 Å². The van der Waals surface area contributed by atoms with Gasteiger partial charge in [0.15, 0.2) is 0 Å². The number of nitrogens with one attached hydrogen (secondary N) is 2. The van der Waals surface area contributed by atoms with E-state index >= 15 is 0 Å². The van der Waals surface area contributed by atoms with E-state index in [0.29, 0.717) is 16.8 Å². The number of para-hydroxylation sites is 1. The maximum Gasteiger partial charge on any atom is 0.408 e. The highest BCUT2D eigenvalue weighted by atomic mass is 19.4. The summed E-state index contributed by atoms with van der Waals surface area (Å²) in [7, 11) is 1.54. The van der Waals surface area contributed by atoms with Gasteiger partial charge in [-0.25, -0.2) is 9.18 Å². The van der Waals surface area contributed by atoms with Gasteiger partial charge in [0.25, 0.3) is 11.8 Å². The molecule has 0 bridgehead atoms. The van der Waals surface area contributed by atoms with Crippen molar-refractivity contribution in [2.24, 2.45) is 5.41 Å². The van der Waals surface area contributed by atoms with E-state index < -0.39 is 54.9 Å². The molecule has 0 aromatic heterocycles. The van der Waals surface area contributed by atoms with Crippen LogP contribution in [0, 0.1) is 5.41 Å². The minimum atomic E-state index is -4.49. The highest BCUT2D eigenvalue weighted by molar-refractivity contribution is 6.06. The Hall–Kier alpha value is -3.63. The fourth-order valence-electron chi connectivity index (χ4n) is 4.09. The third-order valence-electron chi connectivity index (χ3n) is 6.40. The molecular formula is C24H23F4N3O4. The predicted molar refractivity (Wildman–Crippen MR) is 118 cm³/mol. The van der Waals surface area contributed by atoms with Gasteiger partial charge in [-0.15, -0.1) is 0 Å². The van der Waals surface area contributed by atoms with Crippen molar-refractivity contribution < 1.29 is 36.7 Å². The van der Waals surface area contributed by atoms with E-state index in [0.717, 1.165) is 5.56 Å². The van der Waals surface area contributed by atoms with Gasteiger partial charge < -0.3 is 20.3 Å². The van der Waals surface area contributed by atoms with Gasteiger partial charge in [0, 0.05) is 19.2 Å². The standard InChI is InChI=1S/C24H23F4N3O4/c1-31-17-9-5-4-7-15(17)14-6-2-3-8-16(14)19(21(31)33)30-20(32)18(12-25)35-22(34)29-13-23(10-11-23)24(26,27)28/h2-9,18-19H,10-13H2,1H3,(H,29,34)(H,30,32). The van der Waals surface area contributed by atoms with Gasteiger partial charge >= 0.3 is 12.3 Å². The molecule has 2 aliphatic rings. The van der Waals surface area contributed by atoms with E-state index in [4.69, 9.17) is 4.74 Å². The molecule has 2 aromatic rings. The van der Waals surface area contributed by atoms with Gasteiger partial charge in [-0.1, -0.05) is 42.5 Å². The van der Waals surface area contributed by atoms with Crippen LogP contribution in [-0.4, -0.2) is 50.5 Å². The van der Waals surface area contributed by atoms with Gasteiger partial charge in [0.05, 0.1) is 11.1 Å². The Morgan fingerprint density at radius 3 is 2.37 bits per heavy atom. The van der Waals surface area contributed by atoms with Crippen LogP contribution in [0.3, 0.4) is 0 Å². The van der Waals surface area contributed by atoms with Crippen LogP contribution in [0.25, 0.3) is 11.1 Å². The first-order valence-electron chi connectivity index (χ1n) is 10.9. The summed E-state index contributed by atoms with van der Waals surface area (Å²) < 4.78 is 57.5. The molecule has 0 spiro atoms. The Kier molecular flexibility index (Phi) is 6.44. The third-order valence-corrected chi connectivity index (χ3v) is 6.40. The number of rotatable bonds is 6. The molecule has 1 aliphatic carbocycles. The second-order valence-corrected chi connectivity index (χ2v) is 8.62. The molecule has 1 fully saturated rings. The van der Waals surface area contributed by atoms with Crippen LogP contribution in [0.2, 0.25) is 0 Å². The fraction of sp³-hybridized carbons (Fsp3) is 0.375. The molecule has 186 valence electrons. The van der Waals surface area contributed by atoms with Crippen molar-refractivity contribution in [1.29, 1.82) is 0 Å². The molecule has 7 nitrogen and oxygen atoms in total. The van der Waals surface area contributed by atoms with Gasteiger partial charge in [-0.2, -0.15) is 13.2 Å². The minimum absolute atomic E-state index is 0.136. The number of likely N-dealkylation sites (N-methyl/N-ethyl adjacent to an activating group) is 1. The Balaban J connectivity index is 1.49. The highest BCUT2D eigenvalue weighted by Gasteiger charge is 2.63. The lowest BCUT2D eigenvalue weighted by molar-refractivity contribution is -0.185. The molecular weight excluding hydrogens is 470 g/mol. The molecule has 1 aliphatic heterocycles. The predicted octanol–water partition coefficient (Wildman–Crippen LogP) is 3.89. The summed E-state index contributed by atoms with van der Waals surface area (Å²) in [4.78, 5) is 39.4. The lowest BCUT2D eigenvalue weighted by Crippen LogP contribution is -2.47. The average Bonchev–Trinajstić information content (AvgIpc) is 3.65. The SMILES string of the molecule is CN1C(=O)C(NC(=O)C(CF)OC(=O)NCC2(C(F)(F)F)CC2)c2ccccc2-c2ccccc21. The van der Waals surface area contributed by atoms with Crippen molar-refractivity contribution in [3.63, 3.8) is 0 Å². The molecule has 2 aromatic carbocycles. The zero-order valence-electron chi connectivity index (χ0n) is 18.7. The van der Waals surface area contributed by atoms with Gasteiger partial charge in [-0.3, -0.25) is 9.59 Å². The van der Waals surface area contributed by atoms with E-state index in [-0.39, 0.29) is 12.8 Å². The number of carbonyl (C=O) groups excluding carboxylic acids is 3. The molecule has 11 heteroatoms. The minimum Gasteiger partial charge on any atom is -0.433 e. The van der Waals surface area contributed by atoms with Crippen LogP contribution < -0.4 is 15.5 Å². The molecule has 1 heterocycles. The number of hydrogen-bond donors (Lipinski definition) is 2. The second-order valence-electron chi connectivity index (χ2n) is 8.62. The van der Waals surface area contributed by atoms with Gasteiger partial charge in [0.1, 0.15) is 12.7 Å². The van der Waals surface area contributed by atoms with Crippen LogP contribution in [-0.2, 0) is 14.3 Å². The van der Waals surface area contributed by atoms with Crippen LogP contribution in [0.15, 0.2) is 48.5 Å². The molecule has 2 N–H and O–H groups in total. The number of hydrogen-bond acceptors (Lipinski definition) is 4.